The van der Waals surface area contributed by atoms with E-state index in [0.29, 0.717) is 5.56 Å². The van der Waals surface area contributed by atoms with Gasteiger partial charge >= 0.3 is 0 Å². The molecule has 0 amide bonds. The molecule has 170 valence electrons. The predicted molar refractivity (Wildman–Crippen MR) is 134 cm³/mol. The number of hydrogen-bond acceptors (Lipinski definition) is 6. The first-order chi connectivity index (χ1) is 16.7. The maximum atomic E-state index is 9.01. The Morgan fingerprint density at radius 2 is 1.94 bits per heavy atom. The van der Waals surface area contributed by atoms with E-state index >= 15 is 0 Å². The second-order valence-electron chi connectivity index (χ2n) is 8.56. The van der Waals surface area contributed by atoms with Crippen molar-refractivity contribution in [3.8, 4) is 17.2 Å². The van der Waals surface area contributed by atoms with Gasteiger partial charge in [0.1, 0.15) is 5.82 Å². The Labute approximate surface area is 199 Å². The molecular weight excluding hydrogens is 422 g/mol. The van der Waals surface area contributed by atoms with E-state index in [1.807, 2.05) is 56.0 Å². The van der Waals surface area contributed by atoms with Crippen molar-refractivity contribution in [1.29, 1.82) is 5.26 Å². The van der Waals surface area contributed by atoms with E-state index in [-0.39, 0.29) is 12.1 Å². The Kier molecular flexibility index (Phi) is 6.23. The van der Waals surface area contributed by atoms with Gasteiger partial charge < -0.3 is 16.0 Å². The van der Waals surface area contributed by atoms with Gasteiger partial charge in [-0.15, -0.1) is 0 Å². The molecular formula is C27H27N7. The zero-order valence-electron chi connectivity index (χ0n) is 19.1. The molecule has 3 heterocycles. The standard InChI is InChI=1S/C27H27N7/c1-34-18-23(16-32-34)22-13-24-27(31-15-22)33-25(17-30-24)26(21-5-3-2-4-6-21)29-12-11-19-7-9-20(14-28)10-8-19/h2-10,13,15-16,18,25-26,29-30H,11-12,17H2,1H3,(H,31,33)/t25-,26+/m0/s1. The molecule has 0 bridgehead atoms. The minimum atomic E-state index is 0.111. The number of nitrogens with one attached hydrogen (secondary N) is 3. The lowest BCUT2D eigenvalue weighted by Gasteiger charge is -2.34. The first-order valence-corrected chi connectivity index (χ1v) is 11.5. The van der Waals surface area contributed by atoms with Crippen LogP contribution in [0.15, 0.2) is 79.3 Å². The van der Waals surface area contributed by atoms with Gasteiger partial charge in [-0.25, -0.2) is 4.98 Å². The molecule has 2 atom stereocenters. The van der Waals surface area contributed by atoms with Crippen LogP contribution in [0.5, 0.6) is 0 Å². The van der Waals surface area contributed by atoms with E-state index in [0.717, 1.165) is 42.1 Å². The van der Waals surface area contributed by atoms with Gasteiger partial charge in [-0.05, 0) is 42.3 Å². The molecule has 5 rings (SSSR count). The summed E-state index contributed by atoms with van der Waals surface area (Å²) >= 11 is 0. The number of nitrogens with zero attached hydrogens (tertiary/aromatic N) is 4. The van der Waals surface area contributed by atoms with Crippen molar-refractivity contribution < 1.29 is 0 Å². The number of aryl methyl sites for hydroxylation is 1. The van der Waals surface area contributed by atoms with Crippen LogP contribution in [-0.2, 0) is 13.5 Å². The van der Waals surface area contributed by atoms with Crippen molar-refractivity contribution in [2.24, 2.45) is 7.05 Å². The van der Waals surface area contributed by atoms with Crippen molar-refractivity contribution in [3.63, 3.8) is 0 Å². The minimum absolute atomic E-state index is 0.111. The molecule has 0 fully saturated rings. The highest BCUT2D eigenvalue weighted by molar-refractivity contribution is 5.75. The summed E-state index contributed by atoms with van der Waals surface area (Å²) in [6.45, 7) is 1.60. The monoisotopic (exact) mass is 449 g/mol. The largest absolute Gasteiger partial charge is 0.380 e. The van der Waals surface area contributed by atoms with E-state index in [2.05, 4.69) is 57.5 Å². The van der Waals surface area contributed by atoms with Crippen LogP contribution in [0.4, 0.5) is 11.5 Å². The predicted octanol–water partition coefficient (Wildman–Crippen LogP) is 4.13. The van der Waals surface area contributed by atoms with Gasteiger partial charge in [-0.2, -0.15) is 10.4 Å². The van der Waals surface area contributed by atoms with Crippen molar-refractivity contribution in [3.05, 3.63) is 95.9 Å². The summed E-state index contributed by atoms with van der Waals surface area (Å²) < 4.78 is 1.80. The van der Waals surface area contributed by atoms with Crippen LogP contribution in [0.2, 0.25) is 0 Å². The molecule has 1 aliphatic heterocycles. The summed E-state index contributed by atoms with van der Waals surface area (Å²) in [5.41, 5.74) is 6.23. The molecule has 0 spiro atoms. The lowest BCUT2D eigenvalue weighted by atomic mass is 9.97. The summed E-state index contributed by atoms with van der Waals surface area (Å²) in [5, 5.41) is 24.2. The average Bonchev–Trinajstić information content (AvgIpc) is 3.33. The molecule has 0 saturated carbocycles. The Bertz CT molecular complexity index is 1290. The molecule has 0 aliphatic carbocycles. The van der Waals surface area contributed by atoms with Gasteiger partial charge in [0.25, 0.3) is 0 Å². The molecule has 0 saturated heterocycles. The number of rotatable bonds is 7. The summed E-state index contributed by atoms with van der Waals surface area (Å²) in [4.78, 5) is 4.71. The topological polar surface area (TPSA) is 90.6 Å². The summed E-state index contributed by atoms with van der Waals surface area (Å²) in [6.07, 6.45) is 6.62. The highest BCUT2D eigenvalue weighted by Gasteiger charge is 2.27. The summed E-state index contributed by atoms with van der Waals surface area (Å²) in [7, 11) is 1.91. The fraction of sp³-hybridized carbons (Fsp3) is 0.222. The molecule has 4 aromatic rings. The highest BCUT2D eigenvalue weighted by atomic mass is 15.2. The van der Waals surface area contributed by atoms with Crippen LogP contribution in [0.1, 0.15) is 22.7 Å². The van der Waals surface area contributed by atoms with E-state index in [1.165, 1.54) is 11.1 Å². The van der Waals surface area contributed by atoms with Crippen LogP contribution >= 0.6 is 0 Å². The van der Waals surface area contributed by atoms with Crippen LogP contribution in [0.3, 0.4) is 0 Å². The highest BCUT2D eigenvalue weighted by Crippen LogP contribution is 2.32. The third-order valence-electron chi connectivity index (χ3n) is 6.18. The molecule has 7 nitrogen and oxygen atoms in total. The molecule has 7 heteroatoms. The third-order valence-corrected chi connectivity index (χ3v) is 6.18. The zero-order valence-corrected chi connectivity index (χ0v) is 19.1. The van der Waals surface area contributed by atoms with Crippen molar-refractivity contribution in [1.82, 2.24) is 20.1 Å². The van der Waals surface area contributed by atoms with E-state index < -0.39 is 0 Å². The smallest absolute Gasteiger partial charge is 0.149 e. The van der Waals surface area contributed by atoms with Gasteiger partial charge in [0, 0.05) is 37.1 Å². The van der Waals surface area contributed by atoms with Crippen LogP contribution in [0.25, 0.3) is 11.1 Å². The number of hydrogen-bond donors (Lipinski definition) is 3. The number of aromatic nitrogens is 3. The summed E-state index contributed by atoms with van der Waals surface area (Å²) in [6, 6.07) is 22.9. The molecule has 3 N–H and O–H groups in total. The zero-order chi connectivity index (χ0) is 23.3. The third kappa shape index (κ3) is 4.77. The molecule has 1 aliphatic rings. The van der Waals surface area contributed by atoms with E-state index in [9.17, 15) is 0 Å². The van der Waals surface area contributed by atoms with Gasteiger partial charge in [0.05, 0.1) is 35.6 Å². The normalized spacial score (nSPS) is 15.5. The maximum Gasteiger partial charge on any atom is 0.149 e. The second kappa shape index (κ2) is 9.77. The maximum absolute atomic E-state index is 9.01. The van der Waals surface area contributed by atoms with Gasteiger partial charge in [-0.1, -0.05) is 42.5 Å². The van der Waals surface area contributed by atoms with E-state index in [1.54, 1.807) is 4.68 Å². The van der Waals surface area contributed by atoms with Gasteiger partial charge in [0.2, 0.25) is 0 Å². The number of anilines is 2. The fourth-order valence-corrected chi connectivity index (χ4v) is 4.36. The Balaban J connectivity index is 1.30. The van der Waals surface area contributed by atoms with Crippen LogP contribution in [-0.4, -0.2) is 33.9 Å². The van der Waals surface area contributed by atoms with Gasteiger partial charge in [-0.3, -0.25) is 4.68 Å². The summed E-state index contributed by atoms with van der Waals surface area (Å²) in [5.74, 6) is 0.860. The van der Waals surface area contributed by atoms with Crippen molar-refractivity contribution in [2.45, 2.75) is 18.5 Å². The second-order valence-corrected chi connectivity index (χ2v) is 8.56. The van der Waals surface area contributed by atoms with Crippen molar-refractivity contribution >= 4 is 11.5 Å². The number of pyridine rings is 1. The van der Waals surface area contributed by atoms with E-state index in [4.69, 9.17) is 10.2 Å². The molecule has 2 aromatic carbocycles. The lowest BCUT2D eigenvalue weighted by molar-refractivity contribution is 0.472. The minimum Gasteiger partial charge on any atom is -0.380 e. The van der Waals surface area contributed by atoms with Crippen LogP contribution < -0.4 is 16.0 Å². The molecule has 0 unspecified atom stereocenters. The first-order valence-electron chi connectivity index (χ1n) is 11.5. The van der Waals surface area contributed by atoms with Gasteiger partial charge in [0.15, 0.2) is 0 Å². The molecule has 0 radical (unpaired) electrons. The quantitative estimate of drug-likeness (QED) is 0.393. The Morgan fingerprint density at radius 1 is 1.12 bits per heavy atom. The average molecular weight is 450 g/mol. The Hall–Kier alpha value is -4.15. The Morgan fingerprint density at radius 3 is 2.68 bits per heavy atom. The molecule has 34 heavy (non-hydrogen) atoms. The fourth-order valence-electron chi connectivity index (χ4n) is 4.36. The number of fused-ring (bicyclic) bond motifs is 1. The van der Waals surface area contributed by atoms with Crippen molar-refractivity contribution in [2.75, 3.05) is 23.7 Å². The number of nitriles is 1. The lowest BCUT2D eigenvalue weighted by Crippen LogP contribution is -2.44. The number of benzene rings is 2. The SMILES string of the molecule is Cn1cc(-c2cnc3c(c2)NC[C@@H]([C@H](NCCc2ccc(C#N)cc2)c2ccccc2)N3)cn1. The first kappa shape index (κ1) is 21.7. The molecule has 2 aromatic heterocycles. The van der Waals surface area contributed by atoms with Crippen LogP contribution in [0, 0.1) is 11.3 Å².